The minimum absolute atomic E-state index is 0.116. The lowest BCUT2D eigenvalue weighted by Crippen LogP contribution is -2.29. The minimum Gasteiger partial charge on any atom is -0.347 e. The summed E-state index contributed by atoms with van der Waals surface area (Å²) in [4.78, 5) is 31.8. The predicted molar refractivity (Wildman–Crippen MR) is 104 cm³/mol. The van der Waals surface area contributed by atoms with Crippen LogP contribution in [0.5, 0.6) is 0 Å². The molecule has 7 heteroatoms. The van der Waals surface area contributed by atoms with Gasteiger partial charge in [-0.3, -0.25) is 9.69 Å². The molecular weight excluding hydrogens is 348 g/mol. The molecule has 0 saturated carbocycles. The number of benzene rings is 1. The van der Waals surface area contributed by atoms with Gasteiger partial charge in [0.2, 0.25) is 0 Å². The van der Waals surface area contributed by atoms with Crippen LogP contribution in [0.15, 0.2) is 18.2 Å². The molecule has 2 heterocycles. The maximum atomic E-state index is 12.6. The summed E-state index contributed by atoms with van der Waals surface area (Å²) in [5.41, 5.74) is 3.30. The zero-order chi connectivity index (χ0) is 18.7. The molecule has 1 saturated heterocycles. The van der Waals surface area contributed by atoms with E-state index in [4.69, 9.17) is 0 Å². The second kappa shape index (κ2) is 7.86. The molecule has 3 amide bonds. The van der Waals surface area contributed by atoms with Gasteiger partial charge in [0, 0.05) is 29.2 Å². The van der Waals surface area contributed by atoms with Crippen LogP contribution in [0.25, 0.3) is 0 Å². The zero-order valence-electron chi connectivity index (χ0n) is 15.4. The van der Waals surface area contributed by atoms with Gasteiger partial charge in [0.05, 0.1) is 17.2 Å². The topological polar surface area (TPSA) is 74.3 Å². The number of carbonyl (C=O) groups excluding carboxylic acids is 2. The van der Waals surface area contributed by atoms with Gasteiger partial charge < -0.3 is 10.6 Å². The van der Waals surface area contributed by atoms with Crippen LogP contribution in [0.2, 0.25) is 0 Å². The molecule has 26 heavy (non-hydrogen) atoms. The largest absolute Gasteiger partial charge is 0.347 e. The molecule has 0 unspecified atom stereocenters. The Bertz CT molecular complexity index is 831. The quantitative estimate of drug-likeness (QED) is 0.818. The molecule has 0 spiro atoms. The monoisotopic (exact) mass is 372 g/mol. The first-order valence-corrected chi connectivity index (χ1v) is 9.70. The van der Waals surface area contributed by atoms with E-state index in [1.54, 1.807) is 28.4 Å². The average molecular weight is 372 g/mol. The number of anilines is 1. The van der Waals surface area contributed by atoms with Crippen LogP contribution in [0, 0.1) is 13.8 Å². The van der Waals surface area contributed by atoms with Gasteiger partial charge in [-0.15, -0.1) is 11.3 Å². The summed E-state index contributed by atoms with van der Waals surface area (Å²) in [6, 6.07) is 5.35. The van der Waals surface area contributed by atoms with Crippen molar-refractivity contribution in [2.75, 3.05) is 18.0 Å². The van der Waals surface area contributed by atoms with Crippen molar-refractivity contribution in [1.82, 2.24) is 15.6 Å². The number of urea groups is 1. The second-order valence-electron chi connectivity index (χ2n) is 6.43. The highest BCUT2D eigenvalue weighted by Gasteiger charge is 2.23. The van der Waals surface area contributed by atoms with Crippen molar-refractivity contribution in [3.8, 4) is 0 Å². The molecular formula is C19H24N4O2S. The van der Waals surface area contributed by atoms with Crippen molar-refractivity contribution in [2.45, 2.75) is 40.2 Å². The first-order chi connectivity index (χ1) is 12.5. The van der Waals surface area contributed by atoms with E-state index in [9.17, 15) is 9.59 Å². The van der Waals surface area contributed by atoms with Crippen molar-refractivity contribution in [3.63, 3.8) is 0 Å². The van der Waals surface area contributed by atoms with Gasteiger partial charge in [0.25, 0.3) is 5.91 Å². The van der Waals surface area contributed by atoms with Gasteiger partial charge >= 0.3 is 6.03 Å². The number of nitrogens with zero attached hydrogens (tertiary/aromatic N) is 2. The Morgan fingerprint density at radius 2 is 2.19 bits per heavy atom. The van der Waals surface area contributed by atoms with Crippen LogP contribution >= 0.6 is 11.3 Å². The number of aromatic nitrogens is 1. The van der Waals surface area contributed by atoms with Gasteiger partial charge in [-0.1, -0.05) is 13.0 Å². The number of rotatable bonds is 6. The summed E-state index contributed by atoms with van der Waals surface area (Å²) in [5, 5.41) is 6.88. The molecule has 1 aromatic heterocycles. The van der Waals surface area contributed by atoms with Crippen LogP contribution in [-0.2, 0) is 13.0 Å². The molecule has 2 aromatic rings. The fraction of sp³-hybridized carbons (Fsp3) is 0.421. The van der Waals surface area contributed by atoms with Crippen molar-refractivity contribution in [3.05, 3.63) is 44.9 Å². The van der Waals surface area contributed by atoms with Crippen molar-refractivity contribution in [2.24, 2.45) is 0 Å². The first kappa shape index (κ1) is 18.4. The number of amides is 3. The summed E-state index contributed by atoms with van der Waals surface area (Å²) in [6.45, 7) is 7.77. The summed E-state index contributed by atoms with van der Waals surface area (Å²) in [5.74, 6) is -0.143. The van der Waals surface area contributed by atoms with Crippen molar-refractivity contribution < 1.29 is 9.59 Å². The molecule has 0 atom stereocenters. The molecule has 3 rings (SSSR count). The Balaban J connectivity index is 1.71. The van der Waals surface area contributed by atoms with Crippen LogP contribution in [0.3, 0.4) is 0 Å². The van der Waals surface area contributed by atoms with E-state index in [2.05, 4.69) is 22.5 Å². The van der Waals surface area contributed by atoms with E-state index >= 15 is 0 Å². The third-order valence-electron chi connectivity index (χ3n) is 4.43. The normalized spacial score (nSPS) is 13.8. The lowest BCUT2D eigenvalue weighted by Gasteiger charge is -2.18. The number of thiazole rings is 1. The molecule has 0 aliphatic carbocycles. The number of carbonyl (C=O) groups is 2. The average Bonchev–Trinajstić information content (AvgIpc) is 3.19. The lowest BCUT2D eigenvalue weighted by atomic mass is 10.1. The number of hydrogen-bond acceptors (Lipinski definition) is 4. The highest BCUT2D eigenvalue weighted by atomic mass is 32.1. The fourth-order valence-corrected chi connectivity index (χ4v) is 4.09. The SMILES string of the molecule is CCCc1nc(C)c(CNC(=O)c2ccc(C)c(N3CCNC3=O)c2)s1. The molecule has 1 aromatic carbocycles. The molecule has 6 nitrogen and oxygen atoms in total. The molecule has 138 valence electrons. The fourth-order valence-electron chi connectivity index (χ4n) is 2.98. The highest BCUT2D eigenvalue weighted by molar-refractivity contribution is 7.11. The maximum absolute atomic E-state index is 12.6. The van der Waals surface area contributed by atoms with E-state index in [-0.39, 0.29) is 11.9 Å². The zero-order valence-corrected chi connectivity index (χ0v) is 16.2. The Morgan fingerprint density at radius 1 is 1.38 bits per heavy atom. The number of hydrogen-bond donors (Lipinski definition) is 2. The summed E-state index contributed by atoms with van der Waals surface area (Å²) in [6.07, 6.45) is 2.04. The van der Waals surface area contributed by atoms with Crippen molar-refractivity contribution >= 4 is 29.0 Å². The predicted octanol–water partition coefficient (Wildman–Crippen LogP) is 3.17. The molecule has 0 radical (unpaired) electrons. The van der Waals surface area contributed by atoms with Crippen molar-refractivity contribution in [1.29, 1.82) is 0 Å². The standard InChI is InChI=1S/C19H24N4O2S/c1-4-5-17-22-13(3)16(26-17)11-21-18(24)14-7-6-12(2)15(10-14)23-9-8-20-19(23)25/h6-7,10H,4-5,8-9,11H2,1-3H3,(H,20,25)(H,21,24). The van der Waals surface area contributed by atoms with Gasteiger partial charge in [-0.05, 0) is 44.4 Å². The van der Waals surface area contributed by atoms with E-state index in [0.717, 1.165) is 39.7 Å². The number of nitrogens with one attached hydrogen (secondary N) is 2. The van der Waals surface area contributed by atoms with Crippen LogP contribution in [0.1, 0.15) is 44.8 Å². The van der Waals surface area contributed by atoms with Crippen LogP contribution in [0.4, 0.5) is 10.5 Å². The van der Waals surface area contributed by atoms with E-state index < -0.39 is 0 Å². The molecule has 2 N–H and O–H groups in total. The summed E-state index contributed by atoms with van der Waals surface area (Å²) >= 11 is 1.66. The third-order valence-corrected chi connectivity index (χ3v) is 5.65. The van der Waals surface area contributed by atoms with Crippen LogP contribution in [-0.4, -0.2) is 30.0 Å². The smallest absolute Gasteiger partial charge is 0.322 e. The summed E-state index contributed by atoms with van der Waals surface area (Å²) < 4.78 is 0. The van der Waals surface area contributed by atoms with Gasteiger partial charge in [0.1, 0.15) is 0 Å². The molecule has 1 fully saturated rings. The molecule has 1 aliphatic rings. The number of aryl methyl sites for hydroxylation is 3. The van der Waals surface area contributed by atoms with E-state index in [0.29, 0.717) is 25.2 Å². The van der Waals surface area contributed by atoms with Gasteiger partial charge in [0.15, 0.2) is 0 Å². The van der Waals surface area contributed by atoms with E-state index in [1.165, 1.54) is 0 Å². The Labute approximate surface area is 157 Å². The van der Waals surface area contributed by atoms with E-state index in [1.807, 2.05) is 19.9 Å². The minimum atomic E-state index is -0.143. The lowest BCUT2D eigenvalue weighted by molar-refractivity contribution is 0.0951. The second-order valence-corrected chi connectivity index (χ2v) is 7.60. The Hall–Kier alpha value is -2.41. The Morgan fingerprint density at radius 3 is 2.88 bits per heavy atom. The first-order valence-electron chi connectivity index (χ1n) is 8.89. The van der Waals surface area contributed by atoms with Crippen LogP contribution < -0.4 is 15.5 Å². The van der Waals surface area contributed by atoms with Gasteiger partial charge in [-0.2, -0.15) is 0 Å². The Kier molecular flexibility index (Phi) is 5.56. The highest BCUT2D eigenvalue weighted by Crippen LogP contribution is 2.24. The third kappa shape index (κ3) is 3.88. The van der Waals surface area contributed by atoms with Gasteiger partial charge in [-0.25, -0.2) is 9.78 Å². The molecule has 1 aliphatic heterocycles. The molecule has 0 bridgehead atoms. The maximum Gasteiger partial charge on any atom is 0.322 e. The summed E-state index contributed by atoms with van der Waals surface area (Å²) in [7, 11) is 0.